The molecule has 0 aliphatic carbocycles. The molecular formula is C12H14FNO2. The molecule has 1 aromatic rings. The minimum atomic E-state index is -0.503. The van der Waals surface area contributed by atoms with Crippen LogP contribution in [0.1, 0.15) is 16.8 Å². The molecule has 0 amide bonds. The molecular weight excluding hydrogens is 209 g/mol. The first-order valence-electron chi connectivity index (χ1n) is 5.31. The standard InChI is InChI=1S/C12H14FNO2/c1-16-9-2-3-10(11(13)6-9)12(15)8-4-5-14-7-8/h2-3,6,8,14H,4-5,7H2,1H3. The van der Waals surface area contributed by atoms with Crippen LogP contribution in [-0.2, 0) is 0 Å². The number of ketones is 1. The van der Waals surface area contributed by atoms with Crippen molar-refractivity contribution in [2.45, 2.75) is 6.42 Å². The maximum absolute atomic E-state index is 13.6. The van der Waals surface area contributed by atoms with Crippen molar-refractivity contribution in [3.63, 3.8) is 0 Å². The van der Waals surface area contributed by atoms with E-state index in [1.807, 2.05) is 0 Å². The zero-order valence-electron chi connectivity index (χ0n) is 9.13. The van der Waals surface area contributed by atoms with Crippen molar-refractivity contribution in [1.82, 2.24) is 5.32 Å². The number of hydrogen-bond donors (Lipinski definition) is 1. The van der Waals surface area contributed by atoms with Gasteiger partial charge in [0.25, 0.3) is 0 Å². The molecule has 4 heteroatoms. The van der Waals surface area contributed by atoms with Gasteiger partial charge in [-0.3, -0.25) is 4.79 Å². The largest absolute Gasteiger partial charge is 0.497 e. The predicted octanol–water partition coefficient (Wildman–Crippen LogP) is 1.63. The zero-order chi connectivity index (χ0) is 11.5. The summed E-state index contributed by atoms with van der Waals surface area (Å²) in [5, 5.41) is 3.10. The van der Waals surface area contributed by atoms with Crippen molar-refractivity contribution in [2.24, 2.45) is 5.92 Å². The Morgan fingerprint density at radius 3 is 2.94 bits per heavy atom. The summed E-state index contributed by atoms with van der Waals surface area (Å²) in [4.78, 5) is 11.9. The van der Waals surface area contributed by atoms with Gasteiger partial charge < -0.3 is 10.1 Å². The van der Waals surface area contributed by atoms with Crippen molar-refractivity contribution in [3.8, 4) is 5.75 Å². The Morgan fingerprint density at radius 1 is 1.56 bits per heavy atom. The van der Waals surface area contributed by atoms with Crippen LogP contribution in [0.2, 0.25) is 0 Å². The van der Waals surface area contributed by atoms with Crippen LogP contribution in [0.5, 0.6) is 5.75 Å². The summed E-state index contributed by atoms with van der Waals surface area (Å²) in [6.07, 6.45) is 0.782. The third kappa shape index (κ3) is 2.07. The lowest BCUT2D eigenvalue weighted by Crippen LogP contribution is -2.18. The Hall–Kier alpha value is -1.42. The molecule has 1 aliphatic heterocycles. The van der Waals surface area contributed by atoms with Crippen LogP contribution in [-0.4, -0.2) is 26.0 Å². The molecule has 1 fully saturated rings. The molecule has 0 saturated carbocycles. The normalized spacial score (nSPS) is 19.8. The molecule has 0 aromatic heterocycles. The summed E-state index contributed by atoms with van der Waals surface area (Å²) in [7, 11) is 1.47. The van der Waals surface area contributed by atoms with Gasteiger partial charge in [-0.2, -0.15) is 0 Å². The highest BCUT2D eigenvalue weighted by Crippen LogP contribution is 2.21. The second-order valence-electron chi connectivity index (χ2n) is 3.90. The van der Waals surface area contributed by atoms with E-state index in [1.165, 1.54) is 19.2 Å². The monoisotopic (exact) mass is 223 g/mol. The lowest BCUT2D eigenvalue weighted by Gasteiger charge is -2.09. The highest BCUT2D eigenvalue weighted by Gasteiger charge is 2.25. The molecule has 1 heterocycles. The number of ether oxygens (including phenoxy) is 1. The highest BCUT2D eigenvalue weighted by atomic mass is 19.1. The molecule has 1 saturated heterocycles. The predicted molar refractivity (Wildman–Crippen MR) is 58.3 cm³/mol. The molecule has 1 N–H and O–H groups in total. The van der Waals surface area contributed by atoms with Gasteiger partial charge in [-0.15, -0.1) is 0 Å². The minimum Gasteiger partial charge on any atom is -0.497 e. The number of rotatable bonds is 3. The van der Waals surface area contributed by atoms with Crippen LogP contribution in [0.4, 0.5) is 4.39 Å². The molecule has 0 radical (unpaired) electrons. The summed E-state index contributed by atoms with van der Waals surface area (Å²) >= 11 is 0. The highest BCUT2D eigenvalue weighted by molar-refractivity contribution is 5.98. The molecule has 86 valence electrons. The van der Waals surface area contributed by atoms with E-state index >= 15 is 0 Å². The number of methoxy groups -OCH3 is 1. The SMILES string of the molecule is COc1ccc(C(=O)C2CCNC2)c(F)c1. The summed E-state index contributed by atoms with van der Waals surface area (Å²) in [6, 6.07) is 4.35. The zero-order valence-corrected chi connectivity index (χ0v) is 9.13. The van der Waals surface area contributed by atoms with E-state index in [1.54, 1.807) is 6.07 Å². The van der Waals surface area contributed by atoms with Gasteiger partial charge in [0, 0.05) is 18.5 Å². The minimum absolute atomic E-state index is 0.0945. The van der Waals surface area contributed by atoms with Gasteiger partial charge in [0.1, 0.15) is 11.6 Å². The molecule has 0 spiro atoms. The third-order valence-corrected chi connectivity index (χ3v) is 2.87. The van der Waals surface area contributed by atoms with E-state index < -0.39 is 5.82 Å². The summed E-state index contributed by atoms with van der Waals surface area (Å²) < 4.78 is 18.5. The van der Waals surface area contributed by atoms with Crippen LogP contribution in [0.25, 0.3) is 0 Å². The summed E-state index contributed by atoms with van der Waals surface area (Å²) in [5.74, 6) is -0.289. The van der Waals surface area contributed by atoms with Gasteiger partial charge in [-0.05, 0) is 25.1 Å². The fourth-order valence-electron chi connectivity index (χ4n) is 1.92. The van der Waals surface area contributed by atoms with Crippen molar-refractivity contribution in [2.75, 3.05) is 20.2 Å². The van der Waals surface area contributed by atoms with Crippen molar-refractivity contribution >= 4 is 5.78 Å². The van der Waals surface area contributed by atoms with Crippen LogP contribution >= 0.6 is 0 Å². The van der Waals surface area contributed by atoms with E-state index in [4.69, 9.17) is 4.74 Å². The Labute approximate surface area is 93.6 Å². The smallest absolute Gasteiger partial charge is 0.170 e. The second kappa shape index (κ2) is 4.61. The molecule has 2 rings (SSSR count). The number of carbonyl (C=O) groups is 1. The second-order valence-corrected chi connectivity index (χ2v) is 3.90. The maximum Gasteiger partial charge on any atom is 0.170 e. The number of hydrogen-bond acceptors (Lipinski definition) is 3. The summed E-state index contributed by atoms with van der Waals surface area (Å²) in [6.45, 7) is 1.47. The van der Waals surface area contributed by atoms with Gasteiger partial charge in [-0.25, -0.2) is 4.39 Å². The van der Waals surface area contributed by atoms with Gasteiger partial charge in [0.15, 0.2) is 5.78 Å². The van der Waals surface area contributed by atoms with Crippen LogP contribution < -0.4 is 10.1 Å². The van der Waals surface area contributed by atoms with E-state index in [2.05, 4.69) is 5.32 Å². The fourth-order valence-corrected chi connectivity index (χ4v) is 1.92. The number of Topliss-reactive ketones (excluding diaryl/α,β-unsaturated/α-hetero) is 1. The van der Waals surface area contributed by atoms with Crippen LogP contribution in [0.15, 0.2) is 18.2 Å². The first kappa shape index (κ1) is 11.1. The number of benzene rings is 1. The molecule has 16 heavy (non-hydrogen) atoms. The van der Waals surface area contributed by atoms with Crippen molar-refractivity contribution in [3.05, 3.63) is 29.6 Å². The molecule has 1 atom stereocenters. The first-order valence-corrected chi connectivity index (χ1v) is 5.31. The van der Waals surface area contributed by atoms with Gasteiger partial charge >= 0.3 is 0 Å². The van der Waals surface area contributed by atoms with E-state index in [0.29, 0.717) is 12.3 Å². The lowest BCUT2D eigenvalue weighted by atomic mass is 9.96. The van der Waals surface area contributed by atoms with Crippen molar-refractivity contribution in [1.29, 1.82) is 0 Å². The topological polar surface area (TPSA) is 38.3 Å². The molecule has 1 aromatic carbocycles. The molecule has 1 aliphatic rings. The molecule has 3 nitrogen and oxygen atoms in total. The van der Waals surface area contributed by atoms with Crippen LogP contribution in [0.3, 0.4) is 0 Å². The Bertz CT molecular complexity index is 400. The molecule has 1 unspecified atom stereocenters. The maximum atomic E-state index is 13.6. The van der Waals surface area contributed by atoms with Crippen molar-refractivity contribution < 1.29 is 13.9 Å². The fraction of sp³-hybridized carbons (Fsp3) is 0.417. The lowest BCUT2D eigenvalue weighted by molar-refractivity contribution is 0.0926. The number of nitrogens with one attached hydrogen (secondary N) is 1. The molecule has 0 bridgehead atoms. The van der Waals surface area contributed by atoms with E-state index in [9.17, 15) is 9.18 Å². The third-order valence-electron chi connectivity index (χ3n) is 2.87. The van der Waals surface area contributed by atoms with Crippen LogP contribution in [0, 0.1) is 11.7 Å². The quantitative estimate of drug-likeness (QED) is 0.791. The number of carbonyl (C=O) groups excluding carboxylic acids is 1. The number of halogens is 1. The average Bonchev–Trinajstić information content (AvgIpc) is 2.81. The van der Waals surface area contributed by atoms with Gasteiger partial charge in [0.05, 0.1) is 12.7 Å². The Balaban J connectivity index is 2.22. The van der Waals surface area contributed by atoms with E-state index in [0.717, 1.165) is 13.0 Å². The Morgan fingerprint density at radius 2 is 2.38 bits per heavy atom. The Kier molecular flexibility index (Phi) is 3.19. The summed E-state index contributed by atoms with van der Waals surface area (Å²) in [5.41, 5.74) is 0.162. The van der Waals surface area contributed by atoms with Gasteiger partial charge in [-0.1, -0.05) is 0 Å². The van der Waals surface area contributed by atoms with E-state index in [-0.39, 0.29) is 17.3 Å². The average molecular weight is 223 g/mol. The van der Waals surface area contributed by atoms with Gasteiger partial charge in [0.2, 0.25) is 0 Å². The first-order chi connectivity index (χ1) is 7.72.